The Kier molecular flexibility index (Phi) is 5.88. The lowest BCUT2D eigenvalue weighted by molar-refractivity contribution is -0.116. The Bertz CT molecular complexity index is 1460. The van der Waals surface area contributed by atoms with Crippen molar-refractivity contribution in [2.75, 3.05) is 5.32 Å². The standard InChI is InChI=1S/C26H27N5O3/c1-18-9-5-8-14-21(18)28-22(32)16-30-25(33)23-24(27-17-31(23)20-12-6-7-13-20)29(26(30)34)15-19-10-3-2-4-11-19/h2-5,8-11,14,17,20H,6-7,12-13,15-16H2,1H3,(H,28,32). The Hall–Kier alpha value is -3.94. The smallest absolute Gasteiger partial charge is 0.324 e. The van der Waals surface area contributed by atoms with Crippen molar-refractivity contribution in [3.8, 4) is 0 Å². The third kappa shape index (κ3) is 4.07. The molecule has 0 saturated heterocycles. The first-order valence-corrected chi connectivity index (χ1v) is 11.6. The van der Waals surface area contributed by atoms with Crippen LogP contribution in [-0.2, 0) is 17.9 Å². The lowest BCUT2D eigenvalue weighted by Crippen LogP contribution is -2.43. The number of anilines is 1. The predicted molar refractivity (Wildman–Crippen MR) is 131 cm³/mol. The number of para-hydroxylation sites is 1. The third-order valence-electron chi connectivity index (χ3n) is 6.56. The van der Waals surface area contributed by atoms with E-state index in [9.17, 15) is 14.4 Å². The zero-order valence-corrected chi connectivity index (χ0v) is 19.1. The highest BCUT2D eigenvalue weighted by Gasteiger charge is 2.25. The van der Waals surface area contributed by atoms with E-state index in [2.05, 4.69) is 10.3 Å². The molecule has 0 atom stereocenters. The normalized spacial score (nSPS) is 14.0. The molecule has 4 aromatic rings. The van der Waals surface area contributed by atoms with Gasteiger partial charge in [-0.3, -0.25) is 14.2 Å². The molecule has 0 bridgehead atoms. The highest BCUT2D eigenvalue weighted by Crippen LogP contribution is 2.31. The van der Waals surface area contributed by atoms with Crippen LogP contribution in [0.5, 0.6) is 0 Å². The first kappa shape index (κ1) is 21.9. The van der Waals surface area contributed by atoms with Crippen molar-refractivity contribution >= 4 is 22.8 Å². The Morgan fingerprint density at radius 3 is 2.44 bits per heavy atom. The van der Waals surface area contributed by atoms with Gasteiger partial charge in [0.15, 0.2) is 11.2 Å². The molecule has 2 aromatic carbocycles. The van der Waals surface area contributed by atoms with E-state index in [1.807, 2.05) is 60.0 Å². The monoisotopic (exact) mass is 457 g/mol. The molecule has 1 fully saturated rings. The second-order valence-electron chi connectivity index (χ2n) is 8.87. The van der Waals surface area contributed by atoms with Crippen molar-refractivity contribution < 1.29 is 4.79 Å². The van der Waals surface area contributed by atoms with Gasteiger partial charge >= 0.3 is 5.69 Å². The summed E-state index contributed by atoms with van der Waals surface area (Å²) in [5.74, 6) is -0.425. The van der Waals surface area contributed by atoms with Gasteiger partial charge in [-0.05, 0) is 37.0 Å². The molecule has 0 spiro atoms. The number of hydrogen-bond donors (Lipinski definition) is 1. The van der Waals surface area contributed by atoms with E-state index < -0.39 is 17.2 Å². The van der Waals surface area contributed by atoms with E-state index in [1.54, 1.807) is 12.4 Å². The molecule has 1 N–H and O–H groups in total. The van der Waals surface area contributed by atoms with Gasteiger partial charge in [0.1, 0.15) is 6.54 Å². The van der Waals surface area contributed by atoms with Crippen LogP contribution in [0.25, 0.3) is 11.2 Å². The van der Waals surface area contributed by atoms with Crippen LogP contribution in [0.1, 0.15) is 42.9 Å². The van der Waals surface area contributed by atoms with Gasteiger partial charge in [-0.15, -0.1) is 0 Å². The molecule has 1 aliphatic carbocycles. The number of rotatable bonds is 6. The number of hydrogen-bond acceptors (Lipinski definition) is 4. The molecule has 5 rings (SSSR count). The van der Waals surface area contributed by atoms with E-state index in [0.717, 1.165) is 41.4 Å². The van der Waals surface area contributed by atoms with Gasteiger partial charge in [0.25, 0.3) is 5.56 Å². The lowest BCUT2D eigenvalue weighted by atomic mass is 10.2. The summed E-state index contributed by atoms with van der Waals surface area (Å²) in [6.07, 6.45) is 5.80. The van der Waals surface area contributed by atoms with Gasteiger partial charge in [-0.2, -0.15) is 0 Å². The molecular weight excluding hydrogens is 430 g/mol. The molecule has 0 aliphatic heterocycles. The summed E-state index contributed by atoms with van der Waals surface area (Å²) in [5.41, 5.74) is 2.19. The SMILES string of the molecule is Cc1ccccc1NC(=O)Cn1c(=O)c2c(ncn2C2CCCC2)n(Cc2ccccc2)c1=O. The maximum Gasteiger partial charge on any atom is 0.333 e. The van der Waals surface area contributed by atoms with Gasteiger partial charge in [0.2, 0.25) is 5.91 Å². The fraction of sp³-hybridized carbons (Fsp3) is 0.308. The minimum absolute atomic E-state index is 0.176. The largest absolute Gasteiger partial charge is 0.333 e. The number of carbonyl (C=O) groups is 1. The molecule has 34 heavy (non-hydrogen) atoms. The molecule has 1 saturated carbocycles. The van der Waals surface area contributed by atoms with Crippen molar-refractivity contribution in [1.82, 2.24) is 18.7 Å². The van der Waals surface area contributed by atoms with Crippen LogP contribution >= 0.6 is 0 Å². The molecule has 1 amide bonds. The minimum atomic E-state index is -0.544. The number of aryl methyl sites for hydroxylation is 1. The van der Waals surface area contributed by atoms with Gasteiger partial charge in [0, 0.05) is 11.7 Å². The van der Waals surface area contributed by atoms with Crippen LogP contribution in [-0.4, -0.2) is 24.6 Å². The average Bonchev–Trinajstić information content (AvgIpc) is 3.52. The molecule has 2 aromatic heterocycles. The summed E-state index contributed by atoms with van der Waals surface area (Å²) in [6, 6.07) is 17.1. The van der Waals surface area contributed by atoms with Crippen molar-refractivity contribution in [2.45, 2.75) is 51.7 Å². The summed E-state index contributed by atoms with van der Waals surface area (Å²) < 4.78 is 4.44. The Morgan fingerprint density at radius 1 is 1.00 bits per heavy atom. The van der Waals surface area contributed by atoms with Crippen LogP contribution < -0.4 is 16.6 Å². The number of fused-ring (bicyclic) bond motifs is 1. The predicted octanol–water partition coefficient (Wildman–Crippen LogP) is 3.47. The van der Waals surface area contributed by atoms with Gasteiger partial charge in [-0.25, -0.2) is 14.3 Å². The highest BCUT2D eigenvalue weighted by molar-refractivity contribution is 5.91. The molecule has 0 unspecified atom stereocenters. The highest BCUT2D eigenvalue weighted by atomic mass is 16.2. The second kappa shape index (κ2) is 9.13. The van der Waals surface area contributed by atoms with E-state index in [4.69, 9.17) is 0 Å². The molecule has 8 nitrogen and oxygen atoms in total. The number of benzene rings is 2. The van der Waals surface area contributed by atoms with Crippen molar-refractivity contribution in [3.05, 3.63) is 92.9 Å². The summed E-state index contributed by atoms with van der Waals surface area (Å²) in [6.45, 7) is 1.78. The number of amides is 1. The van der Waals surface area contributed by atoms with Crippen molar-refractivity contribution in [2.24, 2.45) is 0 Å². The number of aromatic nitrogens is 4. The van der Waals surface area contributed by atoms with E-state index >= 15 is 0 Å². The molecule has 8 heteroatoms. The first-order chi connectivity index (χ1) is 16.5. The summed E-state index contributed by atoms with van der Waals surface area (Å²) in [7, 11) is 0. The quantitative estimate of drug-likeness (QED) is 0.480. The number of carbonyl (C=O) groups excluding carboxylic acids is 1. The first-order valence-electron chi connectivity index (χ1n) is 11.6. The fourth-order valence-corrected chi connectivity index (χ4v) is 4.76. The van der Waals surface area contributed by atoms with Gasteiger partial charge < -0.3 is 9.88 Å². The number of nitrogens with one attached hydrogen (secondary N) is 1. The average molecular weight is 458 g/mol. The number of imidazole rings is 1. The van der Waals surface area contributed by atoms with E-state index in [0.29, 0.717) is 16.9 Å². The van der Waals surface area contributed by atoms with Crippen molar-refractivity contribution in [1.29, 1.82) is 0 Å². The minimum Gasteiger partial charge on any atom is -0.324 e. The summed E-state index contributed by atoms with van der Waals surface area (Å²) >= 11 is 0. The van der Waals surface area contributed by atoms with Gasteiger partial charge in [-0.1, -0.05) is 61.4 Å². The van der Waals surface area contributed by atoms with Crippen LogP contribution in [0.3, 0.4) is 0 Å². The molecule has 1 aliphatic rings. The molecule has 0 radical (unpaired) electrons. The summed E-state index contributed by atoms with van der Waals surface area (Å²) in [4.78, 5) is 44.4. The van der Waals surface area contributed by atoms with Crippen LogP contribution in [0.15, 0.2) is 70.5 Å². The molecule has 174 valence electrons. The lowest BCUT2D eigenvalue weighted by Gasteiger charge is -2.15. The van der Waals surface area contributed by atoms with Gasteiger partial charge in [0.05, 0.1) is 12.9 Å². The zero-order valence-electron chi connectivity index (χ0n) is 19.1. The van der Waals surface area contributed by atoms with Crippen molar-refractivity contribution in [3.63, 3.8) is 0 Å². The topological polar surface area (TPSA) is 90.9 Å². The van der Waals surface area contributed by atoms with Crippen LogP contribution in [0.4, 0.5) is 5.69 Å². The molecular formula is C26H27N5O3. The summed E-state index contributed by atoms with van der Waals surface area (Å²) in [5, 5.41) is 2.82. The number of nitrogens with zero attached hydrogens (tertiary/aromatic N) is 4. The maximum atomic E-state index is 13.6. The second-order valence-corrected chi connectivity index (χ2v) is 8.87. The van der Waals surface area contributed by atoms with E-state index in [-0.39, 0.29) is 19.1 Å². The Morgan fingerprint density at radius 2 is 1.71 bits per heavy atom. The maximum absolute atomic E-state index is 13.6. The Balaban J connectivity index is 1.60. The Labute approximate surface area is 196 Å². The van der Waals surface area contributed by atoms with E-state index in [1.165, 1.54) is 4.57 Å². The third-order valence-corrected chi connectivity index (χ3v) is 6.56. The van der Waals surface area contributed by atoms with Crippen LogP contribution in [0.2, 0.25) is 0 Å². The fourth-order valence-electron chi connectivity index (χ4n) is 4.76. The van der Waals surface area contributed by atoms with Crippen LogP contribution in [0, 0.1) is 6.92 Å². The zero-order chi connectivity index (χ0) is 23.7. The molecule has 2 heterocycles.